The van der Waals surface area contributed by atoms with Crippen LogP contribution >= 0.6 is 15.9 Å². The van der Waals surface area contributed by atoms with Gasteiger partial charge in [-0.1, -0.05) is 6.92 Å². The third kappa shape index (κ3) is 3.40. The second-order valence-corrected chi connectivity index (χ2v) is 5.91. The summed E-state index contributed by atoms with van der Waals surface area (Å²) in [7, 11) is 0. The lowest BCUT2D eigenvalue weighted by molar-refractivity contribution is 0.0990. The number of aryl methyl sites for hydroxylation is 4. The Hall–Kier alpha value is -1.49. The molecule has 0 saturated carbocycles. The highest BCUT2D eigenvalue weighted by Gasteiger charge is 2.18. The van der Waals surface area contributed by atoms with Crippen molar-refractivity contribution < 1.29 is 4.79 Å². The zero-order valence-electron chi connectivity index (χ0n) is 12.9. The zero-order chi connectivity index (χ0) is 15.6. The van der Waals surface area contributed by atoms with Gasteiger partial charge in [-0.3, -0.25) is 14.5 Å². The molecule has 2 rings (SSSR count). The van der Waals surface area contributed by atoms with Crippen molar-refractivity contribution >= 4 is 21.7 Å². The Morgan fingerprint density at radius 2 is 1.86 bits per heavy atom. The summed E-state index contributed by atoms with van der Waals surface area (Å²) in [5, 5.41) is 4.53. The Morgan fingerprint density at radius 1 is 1.24 bits per heavy atom. The number of ketones is 1. The maximum absolute atomic E-state index is 12.5. The molecule has 2 aromatic heterocycles. The minimum atomic E-state index is 0.0987. The molecule has 0 saturated heterocycles. The molecule has 0 N–H and O–H groups in total. The van der Waals surface area contributed by atoms with Crippen molar-refractivity contribution in [1.82, 2.24) is 14.8 Å². The summed E-state index contributed by atoms with van der Waals surface area (Å²) in [6.45, 7) is 8.67. The maximum Gasteiger partial charge on any atom is 0.168 e. The van der Waals surface area contributed by atoms with Crippen LogP contribution in [0.3, 0.4) is 0 Å². The molecule has 2 aromatic rings. The number of hydrogen-bond donors (Lipinski definition) is 0. The smallest absolute Gasteiger partial charge is 0.168 e. The first kappa shape index (κ1) is 15.9. The molecule has 0 radical (unpaired) electrons. The average molecular weight is 350 g/mol. The molecule has 0 spiro atoms. The number of aromatic nitrogens is 3. The summed E-state index contributed by atoms with van der Waals surface area (Å²) in [6.07, 6.45) is 1.20. The van der Waals surface area contributed by atoms with Gasteiger partial charge in [-0.25, -0.2) is 0 Å². The van der Waals surface area contributed by atoms with Gasteiger partial charge in [0.1, 0.15) is 0 Å². The second kappa shape index (κ2) is 6.52. The van der Waals surface area contributed by atoms with E-state index in [0.717, 1.165) is 40.2 Å². The van der Waals surface area contributed by atoms with Gasteiger partial charge >= 0.3 is 0 Å². The fourth-order valence-corrected chi connectivity index (χ4v) is 3.14. The minimum Gasteiger partial charge on any atom is -0.294 e. The lowest BCUT2D eigenvalue weighted by atomic mass is 10.1. The summed E-state index contributed by atoms with van der Waals surface area (Å²) >= 11 is 3.59. The van der Waals surface area contributed by atoms with Crippen molar-refractivity contribution in [2.45, 2.75) is 47.1 Å². The molecule has 21 heavy (non-hydrogen) atoms. The van der Waals surface area contributed by atoms with Gasteiger partial charge in [-0.15, -0.1) is 0 Å². The third-order valence-corrected chi connectivity index (χ3v) is 4.34. The van der Waals surface area contributed by atoms with E-state index in [1.807, 2.05) is 37.6 Å². The topological polar surface area (TPSA) is 47.8 Å². The van der Waals surface area contributed by atoms with Crippen LogP contribution in [-0.4, -0.2) is 20.5 Å². The summed E-state index contributed by atoms with van der Waals surface area (Å²) in [5.41, 5.74) is 4.41. The molecule has 0 aromatic carbocycles. The molecule has 0 fully saturated rings. The Morgan fingerprint density at radius 3 is 2.38 bits per heavy atom. The van der Waals surface area contributed by atoms with Gasteiger partial charge in [-0.2, -0.15) is 5.10 Å². The molecule has 0 aliphatic heterocycles. The number of carbonyl (C=O) groups is 1. The number of carbonyl (C=O) groups excluding carboxylic acids is 1. The lowest BCUT2D eigenvalue weighted by Gasteiger charge is -2.06. The van der Waals surface area contributed by atoms with Crippen LogP contribution in [0.1, 0.15) is 47.0 Å². The standard InChI is InChI=1S/C16H20BrN3O/c1-5-13-16(17)14(20(6-2)19-13)9-15(21)12-7-10(3)18-11(4)8-12/h7-8H,5-6,9H2,1-4H3. The van der Waals surface area contributed by atoms with Crippen LogP contribution in [0.5, 0.6) is 0 Å². The molecule has 0 unspecified atom stereocenters. The van der Waals surface area contributed by atoms with E-state index in [1.54, 1.807) is 0 Å². The second-order valence-electron chi connectivity index (χ2n) is 5.12. The number of nitrogens with zero attached hydrogens (tertiary/aromatic N) is 3. The van der Waals surface area contributed by atoms with E-state index in [0.29, 0.717) is 12.0 Å². The monoisotopic (exact) mass is 349 g/mol. The van der Waals surface area contributed by atoms with Crippen LogP contribution in [0.2, 0.25) is 0 Å². The van der Waals surface area contributed by atoms with E-state index in [1.165, 1.54) is 0 Å². The molecule has 0 amide bonds. The molecular weight excluding hydrogens is 330 g/mol. The van der Waals surface area contributed by atoms with Crippen molar-refractivity contribution in [3.63, 3.8) is 0 Å². The first-order valence-electron chi connectivity index (χ1n) is 7.18. The summed E-state index contributed by atoms with van der Waals surface area (Å²) in [6, 6.07) is 3.69. The van der Waals surface area contributed by atoms with Crippen LogP contribution in [-0.2, 0) is 19.4 Å². The van der Waals surface area contributed by atoms with Gasteiger partial charge in [0, 0.05) is 23.5 Å². The molecule has 4 nitrogen and oxygen atoms in total. The highest BCUT2D eigenvalue weighted by atomic mass is 79.9. The fraction of sp³-hybridized carbons (Fsp3) is 0.438. The van der Waals surface area contributed by atoms with Gasteiger partial charge in [0.05, 0.1) is 22.3 Å². The number of halogens is 1. The quantitative estimate of drug-likeness (QED) is 0.773. The number of hydrogen-bond acceptors (Lipinski definition) is 3. The predicted molar refractivity (Wildman–Crippen MR) is 86.7 cm³/mol. The van der Waals surface area contributed by atoms with Crippen LogP contribution in [0, 0.1) is 13.8 Å². The molecule has 0 aliphatic rings. The van der Waals surface area contributed by atoms with E-state index in [9.17, 15) is 4.79 Å². The Kier molecular flexibility index (Phi) is 4.93. The molecular formula is C16H20BrN3O. The number of Topliss-reactive ketones (excluding diaryl/α,β-unsaturated/α-hetero) is 1. The average Bonchev–Trinajstić information content (AvgIpc) is 2.74. The third-order valence-electron chi connectivity index (χ3n) is 3.43. The van der Waals surface area contributed by atoms with Gasteiger partial charge in [-0.05, 0) is 55.3 Å². The number of rotatable bonds is 5. The molecule has 5 heteroatoms. The zero-order valence-corrected chi connectivity index (χ0v) is 14.5. The first-order chi connectivity index (χ1) is 9.96. The molecule has 0 aliphatic carbocycles. The van der Waals surface area contributed by atoms with Crippen molar-refractivity contribution in [3.05, 3.63) is 44.9 Å². The van der Waals surface area contributed by atoms with Crippen LogP contribution < -0.4 is 0 Å². The highest BCUT2D eigenvalue weighted by Crippen LogP contribution is 2.24. The lowest BCUT2D eigenvalue weighted by Crippen LogP contribution is -2.11. The molecule has 2 heterocycles. The predicted octanol–water partition coefficient (Wildman–Crippen LogP) is 3.67. The Bertz CT molecular complexity index is 656. The van der Waals surface area contributed by atoms with E-state index < -0.39 is 0 Å². The maximum atomic E-state index is 12.5. The van der Waals surface area contributed by atoms with Crippen molar-refractivity contribution in [1.29, 1.82) is 0 Å². The van der Waals surface area contributed by atoms with Gasteiger partial charge in [0.2, 0.25) is 0 Å². The molecule has 0 bridgehead atoms. The van der Waals surface area contributed by atoms with Crippen LogP contribution in [0.25, 0.3) is 0 Å². The Balaban J connectivity index is 2.33. The SMILES string of the molecule is CCc1nn(CC)c(CC(=O)c2cc(C)nc(C)c2)c1Br. The normalized spacial score (nSPS) is 10.9. The summed E-state index contributed by atoms with van der Waals surface area (Å²) in [5.74, 6) is 0.0987. The van der Waals surface area contributed by atoms with Crippen LogP contribution in [0.15, 0.2) is 16.6 Å². The summed E-state index contributed by atoms with van der Waals surface area (Å²) < 4.78 is 2.87. The van der Waals surface area contributed by atoms with E-state index in [-0.39, 0.29) is 5.78 Å². The molecule has 112 valence electrons. The van der Waals surface area contributed by atoms with Gasteiger partial charge < -0.3 is 0 Å². The van der Waals surface area contributed by atoms with E-state index in [2.05, 4.69) is 32.9 Å². The van der Waals surface area contributed by atoms with E-state index >= 15 is 0 Å². The van der Waals surface area contributed by atoms with Crippen molar-refractivity contribution in [2.75, 3.05) is 0 Å². The summed E-state index contributed by atoms with van der Waals surface area (Å²) in [4.78, 5) is 16.9. The Labute approximate surface area is 133 Å². The van der Waals surface area contributed by atoms with Crippen molar-refractivity contribution in [2.24, 2.45) is 0 Å². The highest BCUT2D eigenvalue weighted by molar-refractivity contribution is 9.10. The van der Waals surface area contributed by atoms with Gasteiger partial charge in [0.15, 0.2) is 5.78 Å². The fourth-order valence-electron chi connectivity index (χ4n) is 2.44. The van der Waals surface area contributed by atoms with Gasteiger partial charge in [0.25, 0.3) is 0 Å². The molecule has 0 atom stereocenters. The van der Waals surface area contributed by atoms with Crippen molar-refractivity contribution in [3.8, 4) is 0 Å². The largest absolute Gasteiger partial charge is 0.294 e. The van der Waals surface area contributed by atoms with Crippen LogP contribution in [0.4, 0.5) is 0 Å². The van der Waals surface area contributed by atoms with E-state index in [4.69, 9.17) is 0 Å². The first-order valence-corrected chi connectivity index (χ1v) is 7.98. The number of pyridine rings is 1. The minimum absolute atomic E-state index is 0.0987.